The molecule has 2 fully saturated rings. The van der Waals surface area contributed by atoms with Gasteiger partial charge < -0.3 is 10.3 Å². The highest BCUT2D eigenvalue weighted by molar-refractivity contribution is 7.90. The first-order chi connectivity index (χ1) is 14.9. The van der Waals surface area contributed by atoms with Gasteiger partial charge in [0, 0.05) is 48.5 Å². The van der Waals surface area contributed by atoms with Crippen LogP contribution < -0.4 is 5.32 Å². The van der Waals surface area contributed by atoms with Crippen LogP contribution in [0.5, 0.6) is 0 Å². The second-order valence-corrected chi connectivity index (χ2v) is 10.6. The van der Waals surface area contributed by atoms with Gasteiger partial charge in [-0.3, -0.25) is 0 Å². The van der Waals surface area contributed by atoms with Crippen molar-refractivity contribution in [3.63, 3.8) is 0 Å². The van der Waals surface area contributed by atoms with Gasteiger partial charge >= 0.3 is 0 Å². The van der Waals surface area contributed by atoms with Gasteiger partial charge in [0.05, 0.1) is 10.3 Å². The molecule has 0 aromatic carbocycles. The predicted molar refractivity (Wildman–Crippen MR) is 117 cm³/mol. The Morgan fingerprint density at radius 3 is 2.87 bits per heavy atom. The normalized spacial score (nSPS) is 20.3. The molecule has 1 atom stereocenters. The van der Waals surface area contributed by atoms with Crippen molar-refractivity contribution in [2.45, 2.75) is 43.4 Å². The number of fused-ring (bicyclic) bond motifs is 1. The van der Waals surface area contributed by atoms with E-state index in [4.69, 9.17) is 11.6 Å². The lowest BCUT2D eigenvalue weighted by atomic mass is 10.1. The maximum absolute atomic E-state index is 14.3. The number of hydrogen-bond acceptors (Lipinski definition) is 6. The first kappa shape index (κ1) is 20.6. The van der Waals surface area contributed by atoms with E-state index in [1.165, 1.54) is 12.3 Å². The maximum atomic E-state index is 14.3. The highest BCUT2D eigenvalue weighted by atomic mass is 35.5. The van der Waals surface area contributed by atoms with Crippen LogP contribution in [0.15, 0.2) is 24.5 Å². The summed E-state index contributed by atoms with van der Waals surface area (Å²) in [6, 6.07) is 2.77. The van der Waals surface area contributed by atoms with Gasteiger partial charge in [0.25, 0.3) is 0 Å². The number of anilines is 1. The Labute approximate surface area is 184 Å². The summed E-state index contributed by atoms with van der Waals surface area (Å²) in [6.45, 7) is 0.904. The summed E-state index contributed by atoms with van der Waals surface area (Å²) in [7, 11) is -3.26. The molecule has 0 amide bonds. The number of aromatic nitrogens is 4. The fourth-order valence-electron chi connectivity index (χ4n) is 4.08. The molecule has 1 aliphatic carbocycles. The SMILES string of the molecule is O=S(=O)(C1CC1)N1CCCC[C@H]1CNc1cc(F)nc(-c2c[nH]c3ncc(Cl)cc23)n1. The van der Waals surface area contributed by atoms with Crippen LogP contribution in [-0.4, -0.2) is 57.0 Å². The van der Waals surface area contributed by atoms with Crippen molar-refractivity contribution in [1.29, 1.82) is 0 Å². The van der Waals surface area contributed by atoms with Gasteiger partial charge in [-0.15, -0.1) is 0 Å². The highest BCUT2D eigenvalue weighted by Crippen LogP contribution is 2.34. The Bertz CT molecular complexity index is 1230. The number of sulfonamides is 1. The third-order valence-corrected chi connectivity index (χ3v) is 8.45. The van der Waals surface area contributed by atoms with Crippen molar-refractivity contribution in [3.05, 3.63) is 35.5 Å². The Kier molecular flexibility index (Phi) is 5.31. The Morgan fingerprint density at radius 1 is 1.23 bits per heavy atom. The largest absolute Gasteiger partial charge is 0.368 e. The molecule has 0 bridgehead atoms. The lowest BCUT2D eigenvalue weighted by Gasteiger charge is -2.35. The van der Waals surface area contributed by atoms with E-state index in [1.54, 1.807) is 16.6 Å². The van der Waals surface area contributed by atoms with Crippen molar-refractivity contribution < 1.29 is 12.8 Å². The lowest BCUT2D eigenvalue weighted by Crippen LogP contribution is -2.48. The molecule has 2 aliphatic rings. The summed E-state index contributed by atoms with van der Waals surface area (Å²) in [4.78, 5) is 15.6. The van der Waals surface area contributed by atoms with E-state index in [0.717, 1.165) is 32.1 Å². The second kappa shape index (κ2) is 7.99. The average molecular weight is 465 g/mol. The third kappa shape index (κ3) is 4.11. The standard InChI is InChI=1S/C20H22ClFN6O2S/c21-12-7-15-16(11-25-19(15)24-9-12)20-26-17(22)8-18(27-20)23-10-13-3-1-2-6-28(13)31(29,30)14-4-5-14/h7-9,11,13-14H,1-6,10H2,(H,24,25)(H,23,26,27)/t13-/m0/s1. The van der Waals surface area contributed by atoms with Crippen LogP contribution in [0.25, 0.3) is 22.4 Å². The van der Waals surface area contributed by atoms with Gasteiger partial charge in [-0.25, -0.2) is 18.4 Å². The summed E-state index contributed by atoms with van der Waals surface area (Å²) in [6.07, 6.45) is 7.27. The molecule has 5 rings (SSSR count). The number of piperidine rings is 1. The molecular formula is C20H22ClFN6O2S. The molecule has 11 heteroatoms. The number of rotatable bonds is 6. The van der Waals surface area contributed by atoms with Gasteiger partial charge in [-0.05, 0) is 31.7 Å². The fraction of sp³-hybridized carbons (Fsp3) is 0.450. The zero-order chi connectivity index (χ0) is 21.6. The van der Waals surface area contributed by atoms with Crippen molar-refractivity contribution in [2.75, 3.05) is 18.4 Å². The molecule has 1 aliphatic heterocycles. The number of nitrogens with zero attached hydrogens (tertiary/aromatic N) is 4. The minimum atomic E-state index is -3.26. The van der Waals surface area contributed by atoms with E-state index in [9.17, 15) is 12.8 Å². The van der Waals surface area contributed by atoms with Crippen LogP contribution in [0, 0.1) is 5.95 Å². The molecular weight excluding hydrogens is 443 g/mol. The number of aromatic amines is 1. The molecule has 0 radical (unpaired) electrons. The quantitative estimate of drug-likeness (QED) is 0.540. The van der Waals surface area contributed by atoms with E-state index in [0.29, 0.717) is 40.5 Å². The van der Waals surface area contributed by atoms with Gasteiger partial charge in [-0.1, -0.05) is 18.0 Å². The van der Waals surface area contributed by atoms with Crippen molar-refractivity contribution in [3.8, 4) is 11.4 Å². The number of hydrogen-bond donors (Lipinski definition) is 2. The molecule has 3 aromatic heterocycles. The van der Waals surface area contributed by atoms with Crippen LogP contribution in [0.2, 0.25) is 5.02 Å². The second-order valence-electron chi connectivity index (χ2n) is 8.04. The average Bonchev–Trinajstić information content (AvgIpc) is 3.53. The Morgan fingerprint density at radius 2 is 2.06 bits per heavy atom. The monoisotopic (exact) mass is 464 g/mol. The van der Waals surface area contributed by atoms with E-state index in [1.807, 2.05) is 0 Å². The summed E-state index contributed by atoms with van der Waals surface area (Å²) in [5.41, 5.74) is 1.19. The minimum Gasteiger partial charge on any atom is -0.368 e. The van der Waals surface area contributed by atoms with Gasteiger partial charge in [-0.2, -0.15) is 13.7 Å². The topological polar surface area (TPSA) is 104 Å². The first-order valence-electron chi connectivity index (χ1n) is 10.3. The van der Waals surface area contributed by atoms with E-state index in [2.05, 4.69) is 25.3 Å². The van der Waals surface area contributed by atoms with Gasteiger partial charge in [0.2, 0.25) is 16.0 Å². The number of halogens is 2. The molecule has 164 valence electrons. The molecule has 31 heavy (non-hydrogen) atoms. The van der Waals surface area contributed by atoms with Crippen molar-refractivity contribution >= 4 is 38.5 Å². The predicted octanol–water partition coefficient (Wildman–Crippen LogP) is 3.57. The summed E-state index contributed by atoms with van der Waals surface area (Å²) < 4.78 is 41.5. The summed E-state index contributed by atoms with van der Waals surface area (Å²) in [5.74, 6) is -0.173. The highest BCUT2D eigenvalue weighted by Gasteiger charge is 2.43. The molecule has 1 saturated heterocycles. The van der Waals surface area contributed by atoms with Gasteiger partial charge in [0.15, 0.2) is 5.82 Å². The third-order valence-electron chi connectivity index (χ3n) is 5.80. The lowest BCUT2D eigenvalue weighted by molar-refractivity contribution is 0.261. The molecule has 2 N–H and O–H groups in total. The number of H-pyrrole nitrogens is 1. The van der Waals surface area contributed by atoms with E-state index >= 15 is 0 Å². The van der Waals surface area contributed by atoms with E-state index in [-0.39, 0.29) is 17.1 Å². The molecule has 3 aromatic rings. The molecule has 0 unspecified atom stereocenters. The summed E-state index contributed by atoms with van der Waals surface area (Å²) >= 11 is 6.05. The summed E-state index contributed by atoms with van der Waals surface area (Å²) in [5, 5.41) is 4.04. The Hall–Kier alpha value is -2.30. The van der Waals surface area contributed by atoms with Crippen LogP contribution in [0.3, 0.4) is 0 Å². The smallest absolute Gasteiger partial charge is 0.218 e. The van der Waals surface area contributed by atoms with Crippen molar-refractivity contribution in [1.82, 2.24) is 24.2 Å². The zero-order valence-electron chi connectivity index (χ0n) is 16.7. The van der Waals surface area contributed by atoms with Gasteiger partial charge in [0.1, 0.15) is 11.5 Å². The van der Waals surface area contributed by atoms with Crippen molar-refractivity contribution in [2.24, 2.45) is 0 Å². The molecule has 4 heterocycles. The molecule has 1 saturated carbocycles. The first-order valence-corrected chi connectivity index (χ1v) is 12.2. The number of pyridine rings is 1. The minimum absolute atomic E-state index is 0.170. The molecule has 8 nitrogen and oxygen atoms in total. The maximum Gasteiger partial charge on any atom is 0.218 e. The van der Waals surface area contributed by atoms with Crippen LogP contribution in [0.1, 0.15) is 32.1 Å². The fourth-order valence-corrected chi connectivity index (χ4v) is 6.34. The Balaban J connectivity index is 1.38. The van der Waals surface area contributed by atoms with E-state index < -0.39 is 16.0 Å². The number of nitrogens with one attached hydrogen (secondary N) is 2. The zero-order valence-corrected chi connectivity index (χ0v) is 18.3. The van der Waals surface area contributed by atoms with Crippen LogP contribution in [-0.2, 0) is 10.0 Å². The van der Waals surface area contributed by atoms with Crippen LogP contribution >= 0.6 is 11.6 Å². The van der Waals surface area contributed by atoms with Crippen LogP contribution in [0.4, 0.5) is 10.2 Å². The molecule has 0 spiro atoms.